The van der Waals surface area contributed by atoms with Gasteiger partial charge in [0.15, 0.2) is 5.78 Å². The zero-order valence-electron chi connectivity index (χ0n) is 9.60. The Balaban J connectivity index is 1.97. The van der Waals surface area contributed by atoms with Crippen LogP contribution in [-0.4, -0.2) is 5.78 Å². The van der Waals surface area contributed by atoms with Crippen LogP contribution >= 0.6 is 0 Å². The normalized spacial score (nSPS) is 10.1. The van der Waals surface area contributed by atoms with Crippen molar-refractivity contribution in [2.45, 2.75) is 12.8 Å². The molecule has 17 heavy (non-hydrogen) atoms. The molecule has 0 spiro atoms. The number of anilines is 1. The Morgan fingerprint density at radius 1 is 1.00 bits per heavy atom. The summed E-state index contributed by atoms with van der Waals surface area (Å²) < 4.78 is 0. The van der Waals surface area contributed by atoms with Gasteiger partial charge in [0.05, 0.1) is 0 Å². The minimum absolute atomic E-state index is 0.174. The van der Waals surface area contributed by atoms with Gasteiger partial charge >= 0.3 is 0 Å². The molecule has 0 saturated carbocycles. The van der Waals surface area contributed by atoms with E-state index in [-0.39, 0.29) is 5.78 Å². The molecule has 0 aliphatic carbocycles. The number of hydrogen-bond donors (Lipinski definition) is 1. The van der Waals surface area contributed by atoms with Gasteiger partial charge in [-0.3, -0.25) is 4.79 Å². The monoisotopic (exact) mass is 225 g/mol. The second-order valence-electron chi connectivity index (χ2n) is 4.03. The molecule has 0 aliphatic rings. The van der Waals surface area contributed by atoms with Gasteiger partial charge in [-0.05, 0) is 24.1 Å². The highest BCUT2D eigenvalue weighted by Gasteiger charge is 2.05. The summed E-state index contributed by atoms with van der Waals surface area (Å²) in [5, 5.41) is 0. The smallest absolute Gasteiger partial charge is 0.163 e. The molecular weight excluding hydrogens is 210 g/mol. The first-order valence-electron chi connectivity index (χ1n) is 5.68. The molecule has 2 aromatic carbocycles. The van der Waals surface area contributed by atoms with Crippen LogP contribution in [-0.2, 0) is 6.42 Å². The Hall–Kier alpha value is -2.09. The van der Waals surface area contributed by atoms with Gasteiger partial charge < -0.3 is 5.73 Å². The van der Waals surface area contributed by atoms with Crippen LogP contribution in [0.3, 0.4) is 0 Å². The molecule has 86 valence electrons. The Bertz CT molecular complexity index is 505. The van der Waals surface area contributed by atoms with E-state index in [0.717, 1.165) is 23.2 Å². The maximum Gasteiger partial charge on any atom is 0.163 e. The molecular formula is C15H15NO. The number of Topliss-reactive ketones (excluding diaryl/α,β-unsaturated/α-hetero) is 1. The summed E-state index contributed by atoms with van der Waals surface area (Å²) >= 11 is 0. The zero-order valence-corrected chi connectivity index (χ0v) is 9.60. The number of nitrogens with two attached hydrogens (primary N) is 1. The van der Waals surface area contributed by atoms with Crippen LogP contribution in [0.5, 0.6) is 0 Å². The minimum Gasteiger partial charge on any atom is -0.399 e. The molecule has 2 nitrogen and oxygen atoms in total. The molecule has 0 amide bonds. The Labute approximate surface area is 101 Å². The predicted molar refractivity (Wildman–Crippen MR) is 69.9 cm³/mol. The summed E-state index contributed by atoms with van der Waals surface area (Å²) in [5.41, 5.74) is 8.32. The quantitative estimate of drug-likeness (QED) is 0.642. The van der Waals surface area contributed by atoms with Gasteiger partial charge in [-0.25, -0.2) is 0 Å². The number of carbonyl (C=O) groups excluding carboxylic acids is 1. The standard InChI is InChI=1S/C15H15NO/c16-14-8-4-5-12(11-14)9-10-15(17)13-6-2-1-3-7-13/h1-8,11H,9-10,16H2. The van der Waals surface area contributed by atoms with E-state index < -0.39 is 0 Å². The van der Waals surface area contributed by atoms with Gasteiger partial charge in [-0.2, -0.15) is 0 Å². The number of hydrogen-bond acceptors (Lipinski definition) is 2. The largest absolute Gasteiger partial charge is 0.399 e. The molecule has 0 radical (unpaired) electrons. The Morgan fingerprint density at radius 3 is 2.47 bits per heavy atom. The van der Waals surface area contributed by atoms with Crippen LogP contribution in [0, 0.1) is 0 Å². The van der Waals surface area contributed by atoms with Crippen molar-refractivity contribution >= 4 is 11.5 Å². The van der Waals surface area contributed by atoms with Crippen molar-refractivity contribution in [3.05, 3.63) is 65.7 Å². The van der Waals surface area contributed by atoms with Crippen LogP contribution in [0.4, 0.5) is 5.69 Å². The first-order valence-corrected chi connectivity index (χ1v) is 5.68. The lowest BCUT2D eigenvalue weighted by Gasteiger charge is -2.02. The van der Waals surface area contributed by atoms with Crippen LogP contribution in [0.1, 0.15) is 22.3 Å². The van der Waals surface area contributed by atoms with Crippen molar-refractivity contribution in [1.29, 1.82) is 0 Å². The molecule has 2 aromatic rings. The summed E-state index contributed by atoms with van der Waals surface area (Å²) in [5.74, 6) is 0.174. The molecule has 2 N–H and O–H groups in total. The van der Waals surface area contributed by atoms with E-state index in [1.54, 1.807) is 0 Å². The third-order valence-electron chi connectivity index (χ3n) is 2.69. The Morgan fingerprint density at radius 2 is 1.76 bits per heavy atom. The van der Waals surface area contributed by atoms with E-state index in [4.69, 9.17) is 5.73 Å². The van der Waals surface area contributed by atoms with E-state index in [9.17, 15) is 4.79 Å². The SMILES string of the molecule is Nc1cccc(CCC(=O)c2ccccc2)c1. The van der Waals surface area contributed by atoms with Crippen molar-refractivity contribution in [1.82, 2.24) is 0 Å². The lowest BCUT2D eigenvalue weighted by molar-refractivity contribution is 0.0983. The molecule has 0 fully saturated rings. The average molecular weight is 225 g/mol. The van der Waals surface area contributed by atoms with Gasteiger partial charge in [-0.15, -0.1) is 0 Å². The number of rotatable bonds is 4. The Kier molecular flexibility index (Phi) is 3.55. The molecule has 2 heteroatoms. The van der Waals surface area contributed by atoms with Gasteiger partial charge in [0.2, 0.25) is 0 Å². The van der Waals surface area contributed by atoms with Gasteiger partial charge in [0.25, 0.3) is 0 Å². The highest BCUT2D eigenvalue weighted by molar-refractivity contribution is 5.96. The molecule has 0 aliphatic heterocycles. The second-order valence-corrected chi connectivity index (χ2v) is 4.03. The fraction of sp³-hybridized carbons (Fsp3) is 0.133. The first-order chi connectivity index (χ1) is 8.25. The van der Waals surface area contributed by atoms with Crippen molar-refractivity contribution in [3.63, 3.8) is 0 Å². The van der Waals surface area contributed by atoms with Crippen molar-refractivity contribution in [2.24, 2.45) is 0 Å². The van der Waals surface area contributed by atoms with Crippen LogP contribution in [0.25, 0.3) is 0 Å². The fourth-order valence-electron chi connectivity index (χ4n) is 1.77. The minimum atomic E-state index is 0.174. The van der Waals surface area contributed by atoms with Crippen molar-refractivity contribution in [2.75, 3.05) is 5.73 Å². The summed E-state index contributed by atoms with van der Waals surface area (Å²) in [6.07, 6.45) is 1.26. The summed E-state index contributed by atoms with van der Waals surface area (Å²) in [4.78, 5) is 11.9. The van der Waals surface area contributed by atoms with Gasteiger partial charge in [0.1, 0.15) is 0 Å². The summed E-state index contributed by atoms with van der Waals surface area (Å²) in [7, 11) is 0. The predicted octanol–water partition coefficient (Wildman–Crippen LogP) is 3.08. The molecule has 2 rings (SSSR count). The van der Waals surface area contributed by atoms with Crippen LogP contribution in [0.15, 0.2) is 54.6 Å². The third kappa shape index (κ3) is 3.18. The number of benzene rings is 2. The van der Waals surface area contributed by atoms with Crippen molar-refractivity contribution in [3.8, 4) is 0 Å². The maximum absolute atomic E-state index is 11.9. The van der Waals surface area contributed by atoms with Crippen LogP contribution < -0.4 is 5.73 Å². The van der Waals surface area contributed by atoms with E-state index in [1.807, 2.05) is 54.6 Å². The summed E-state index contributed by atoms with van der Waals surface area (Å²) in [6.45, 7) is 0. The third-order valence-corrected chi connectivity index (χ3v) is 2.69. The average Bonchev–Trinajstić information content (AvgIpc) is 2.37. The molecule has 0 saturated heterocycles. The lowest BCUT2D eigenvalue weighted by Crippen LogP contribution is -2.01. The van der Waals surface area contributed by atoms with E-state index in [2.05, 4.69) is 0 Å². The van der Waals surface area contributed by atoms with Crippen LogP contribution in [0.2, 0.25) is 0 Å². The van der Waals surface area contributed by atoms with E-state index in [0.29, 0.717) is 6.42 Å². The van der Waals surface area contributed by atoms with E-state index in [1.165, 1.54) is 0 Å². The van der Waals surface area contributed by atoms with Gasteiger partial charge in [-0.1, -0.05) is 42.5 Å². The number of nitrogen functional groups attached to an aromatic ring is 1. The number of carbonyl (C=O) groups is 1. The number of ketones is 1. The molecule has 0 atom stereocenters. The molecule has 0 bridgehead atoms. The molecule has 0 unspecified atom stereocenters. The van der Waals surface area contributed by atoms with E-state index >= 15 is 0 Å². The first kappa shape index (κ1) is 11.4. The number of aryl methyl sites for hydroxylation is 1. The maximum atomic E-state index is 11.9. The van der Waals surface area contributed by atoms with Crippen molar-refractivity contribution < 1.29 is 4.79 Å². The summed E-state index contributed by atoms with van der Waals surface area (Å²) in [6, 6.07) is 17.0. The molecule has 0 aromatic heterocycles. The topological polar surface area (TPSA) is 43.1 Å². The zero-order chi connectivity index (χ0) is 12.1. The lowest BCUT2D eigenvalue weighted by atomic mass is 10.0. The highest BCUT2D eigenvalue weighted by Crippen LogP contribution is 2.11. The highest BCUT2D eigenvalue weighted by atomic mass is 16.1. The second kappa shape index (κ2) is 5.30. The fourth-order valence-corrected chi connectivity index (χ4v) is 1.77. The van der Waals surface area contributed by atoms with Gasteiger partial charge in [0, 0.05) is 17.7 Å². The molecule has 0 heterocycles.